The number of rotatable bonds is 7. The zero-order chi connectivity index (χ0) is 25.1. The van der Waals surface area contributed by atoms with Gasteiger partial charge in [-0.05, 0) is 12.1 Å². The molecule has 4 rings (SSSR count). The summed E-state index contributed by atoms with van der Waals surface area (Å²) >= 11 is 0. The maximum absolute atomic E-state index is 13.8. The van der Waals surface area contributed by atoms with Crippen molar-refractivity contribution in [2.45, 2.75) is 6.54 Å². The van der Waals surface area contributed by atoms with Gasteiger partial charge in [0, 0.05) is 0 Å². The van der Waals surface area contributed by atoms with Crippen molar-refractivity contribution in [2.75, 3.05) is 11.9 Å². The summed E-state index contributed by atoms with van der Waals surface area (Å²) in [6.07, 6.45) is 2.16. The Labute approximate surface area is 192 Å². The van der Waals surface area contributed by atoms with E-state index in [0.717, 1.165) is 17.2 Å². The summed E-state index contributed by atoms with van der Waals surface area (Å²) in [5.41, 5.74) is 0.0539. The SMILES string of the molecule is O=C(COc1ccccc1)Nc1ncnc2ncn(CC(=O)Oc3c(F)c(F)c(F)c(F)c3F)c12. The number of hydrogen-bond donors (Lipinski definition) is 1. The summed E-state index contributed by atoms with van der Waals surface area (Å²) in [5.74, 6) is -15.0. The van der Waals surface area contributed by atoms with E-state index in [4.69, 9.17) is 4.74 Å². The van der Waals surface area contributed by atoms with Crippen LogP contribution < -0.4 is 14.8 Å². The molecule has 0 spiro atoms. The van der Waals surface area contributed by atoms with E-state index in [1.165, 1.54) is 0 Å². The number of carbonyl (C=O) groups excluding carboxylic acids is 2. The van der Waals surface area contributed by atoms with Gasteiger partial charge in [0.15, 0.2) is 18.1 Å². The maximum Gasteiger partial charge on any atom is 0.331 e. The minimum atomic E-state index is -2.39. The number of fused-ring (bicyclic) bond motifs is 1. The van der Waals surface area contributed by atoms with Gasteiger partial charge >= 0.3 is 5.97 Å². The van der Waals surface area contributed by atoms with Crippen LogP contribution in [0.25, 0.3) is 11.2 Å². The van der Waals surface area contributed by atoms with Crippen LogP contribution in [0.3, 0.4) is 0 Å². The third-order valence-electron chi connectivity index (χ3n) is 4.47. The van der Waals surface area contributed by atoms with Crippen molar-refractivity contribution in [2.24, 2.45) is 0 Å². The lowest BCUT2D eigenvalue weighted by Crippen LogP contribution is -2.22. The lowest BCUT2D eigenvalue weighted by atomic mass is 10.2. The molecular formula is C21H12F5N5O4. The first-order valence-electron chi connectivity index (χ1n) is 9.62. The van der Waals surface area contributed by atoms with Gasteiger partial charge in [0.05, 0.1) is 6.33 Å². The van der Waals surface area contributed by atoms with Crippen molar-refractivity contribution in [1.29, 1.82) is 0 Å². The van der Waals surface area contributed by atoms with Crippen LogP contribution in [0.1, 0.15) is 0 Å². The lowest BCUT2D eigenvalue weighted by Gasteiger charge is -2.11. The Morgan fingerprint density at radius 2 is 1.54 bits per heavy atom. The molecule has 0 unspecified atom stereocenters. The topological polar surface area (TPSA) is 108 Å². The van der Waals surface area contributed by atoms with Crippen LogP contribution in [0.15, 0.2) is 43.0 Å². The highest BCUT2D eigenvalue weighted by molar-refractivity contribution is 5.97. The molecule has 180 valence electrons. The normalized spacial score (nSPS) is 10.9. The van der Waals surface area contributed by atoms with Gasteiger partial charge < -0.3 is 19.4 Å². The highest BCUT2D eigenvalue weighted by Gasteiger charge is 2.29. The van der Waals surface area contributed by atoms with E-state index in [1.807, 2.05) is 0 Å². The molecule has 0 bridgehead atoms. The van der Waals surface area contributed by atoms with Crippen molar-refractivity contribution in [3.05, 3.63) is 72.1 Å². The first kappa shape index (κ1) is 23.5. The highest BCUT2D eigenvalue weighted by Crippen LogP contribution is 2.29. The van der Waals surface area contributed by atoms with Crippen molar-refractivity contribution in [3.8, 4) is 11.5 Å². The first-order chi connectivity index (χ1) is 16.8. The molecule has 0 saturated heterocycles. The maximum atomic E-state index is 13.8. The largest absolute Gasteiger partial charge is 0.484 e. The predicted octanol–water partition coefficient (Wildman–Crippen LogP) is 3.14. The molecule has 2 aromatic carbocycles. The van der Waals surface area contributed by atoms with Crippen LogP contribution in [-0.4, -0.2) is 38.0 Å². The number of amides is 1. The van der Waals surface area contributed by atoms with Crippen LogP contribution >= 0.6 is 0 Å². The molecule has 1 amide bonds. The van der Waals surface area contributed by atoms with Crippen LogP contribution in [0, 0.1) is 29.1 Å². The number of nitrogens with zero attached hydrogens (tertiary/aromatic N) is 4. The molecule has 0 aliphatic carbocycles. The fraction of sp³-hybridized carbons (Fsp3) is 0.0952. The van der Waals surface area contributed by atoms with E-state index < -0.39 is 53.3 Å². The molecular weight excluding hydrogens is 481 g/mol. The lowest BCUT2D eigenvalue weighted by molar-refractivity contribution is -0.135. The minimum Gasteiger partial charge on any atom is -0.484 e. The van der Waals surface area contributed by atoms with Gasteiger partial charge in [-0.3, -0.25) is 4.79 Å². The molecule has 0 atom stereocenters. The summed E-state index contributed by atoms with van der Waals surface area (Å²) in [4.78, 5) is 36.2. The predicted molar refractivity (Wildman–Crippen MR) is 108 cm³/mol. The van der Waals surface area contributed by atoms with Crippen molar-refractivity contribution in [1.82, 2.24) is 19.5 Å². The zero-order valence-electron chi connectivity index (χ0n) is 17.3. The Balaban J connectivity index is 1.52. The summed E-state index contributed by atoms with van der Waals surface area (Å²) < 4.78 is 78.3. The number of para-hydroxylation sites is 1. The first-order valence-corrected chi connectivity index (χ1v) is 9.62. The molecule has 2 heterocycles. The molecule has 14 heteroatoms. The van der Waals surface area contributed by atoms with E-state index in [9.17, 15) is 31.5 Å². The fourth-order valence-electron chi connectivity index (χ4n) is 2.92. The average Bonchev–Trinajstić information content (AvgIpc) is 3.27. The summed E-state index contributed by atoms with van der Waals surface area (Å²) in [6.45, 7) is -1.18. The summed E-state index contributed by atoms with van der Waals surface area (Å²) in [7, 11) is 0. The number of benzene rings is 2. The number of aromatic nitrogens is 4. The van der Waals surface area contributed by atoms with Gasteiger partial charge in [0.2, 0.25) is 34.8 Å². The monoisotopic (exact) mass is 493 g/mol. The smallest absolute Gasteiger partial charge is 0.331 e. The van der Waals surface area contributed by atoms with E-state index in [0.29, 0.717) is 5.75 Å². The molecule has 35 heavy (non-hydrogen) atoms. The average molecular weight is 493 g/mol. The number of esters is 1. The zero-order valence-corrected chi connectivity index (χ0v) is 17.3. The van der Waals surface area contributed by atoms with Gasteiger partial charge in [-0.1, -0.05) is 18.2 Å². The van der Waals surface area contributed by atoms with Crippen LogP contribution in [-0.2, 0) is 16.1 Å². The number of imidazole rings is 1. The number of anilines is 1. The van der Waals surface area contributed by atoms with Gasteiger partial charge in [-0.25, -0.2) is 32.9 Å². The Morgan fingerprint density at radius 3 is 2.23 bits per heavy atom. The van der Waals surface area contributed by atoms with E-state index in [2.05, 4.69) is 25.0 Å². The van der Waals surface area contributed by atoms with E-state index in [1.54, 1.807) is 30.3 Å². The van der Waals surface area contributed by atoms with Gasteiger partial charge in [-0.2, -0.15) is 8.78 Å². The van der Waals surface area contributed by atoms with Crippen molar-refractivity contribution in [3.63, 3.8) is 0 Å². The Kier molecular flexibility index (Phi) is 6.53. The molecule has 0 radical (unpaired) electrons. The van der Waals surface area contributed by atoms with E-state index in [-0.39, 0.29) is 23.6 Å². The number of nitrogens with one attached hydrogen (secondary N) is 1. The molecule has 9 nitrogen and oxygen atoms in total. The number of ether oxygens (including phenoxy) is 2. The molecule has 0 aliphatic rings. The summed E-state index contributed by atoms with van der Waals surface area (Å²) in [6, 6.07) is 8.47. The Bertz CT molecular complexity index is 1400. The number of halogens is 5. The van der Waals surface area contributed by atoms with Crippen molar-refractivity contribution >= 4 is 28.9 Å². The number of hydrogen-bond acceptors (Lipinski definition) is 7. The molecule has 0 fully saturated rings. The molecule has 1 N–H and O–H groups in total. The second-order valence-electron chi connectivity index (χ2n) is 6.79. The minimum absolute atomic E-state index is 0.0231. The molecule has 0 aliphatic heterocycles. The van der Waals surface area contributed by atoms with Gasteiger partial charge in [0.1, 0.15) is 24.1 Å². The van der Waals surface area contributed by atoms with Crippen LogP contribution in [0.5, 0.6) is 11.5 Å². The third kappa shape index (κ3) is 4.85. The fourth-order valence-corrected chi connectivity index (χ4v) is 2.92. The van der Waals surface area contributed by atoms with Crippen LogP contribution in [0.4, 0.5) is 27.8 Å². The Hall–Kier alpha value is -4.62. The third-order valence-corrected chi connectivity index (χ3v) is 4.47. The van der Waals surface area contributed by atoms with Crippen LogP contribution in [0.2, 0.25) is 0 Å². The standard InChI is InChI=1S/C21H12F5N5O4/c22-13-14(23)16(25)19(17(26)15(13)24)35-12(33)6-31-9-29-20-18(31)21(28-8-27-20)30-11(32)7-34-10-4-2-1-3-5-10/h1-5,8-9H,6-7H2,(H,27,28,30,32). The summed E-state index contributed by atoms with van der Waals surface area (Å²) in [5, 5.41) is 2.46. The van der Waals surface area contributed by atoms with Gasteiger partial charge in [-0.15, -0.1) is 0 Å². The second kappa shape index (κ2) is 9.70. The van der Waals surface area contributed by atoms with Gasteiger partial charge in [0.25, 0.3) is 5.91 Å². The second-order valence-corrected chi connectivity index (χ2v) is 6.79. The molecule has 0 saturated carbocycles. The molecule has 2 aromatic heterocycles. The quantitative estimate of drug-likeness (QED) is 0.139. The van der Waals surface area contributed by atoms with E-state index >= 15 is 0 Å². The Morgan fingerprint density at radius 1 is 0.886 bits per heavy atom. The van der Waals surface area contributed by atoms with Crippen molar-refractivity contribution < 1.29 is 41.0 Å². The molecule has 4 aromatic rings. The number of carbonyl (C=O) groups is 2. The highest BCUT2D eigenvalue weighted by atomic mass is 19.2.